The highest BCUT2D eigenvalue weighted by Gasteiger charge is 2.43. The Kier molecular flexibility index (Phi) is 2.63. The summed E-state index contributed by atoms with van der Waals surface area (Å²) in [5.41, 5.74) is 0.577. The van der Waals surface area contributed by atoms with Crippen LogP contribution in [0.4, 0.5) is 13.2 Å². The van der Waals surface area contributed by atoms with Gasteiger partial charge in [0.25, 0.3) is 0 Å². The maximum Gasteiger partial charge on any atom is 0.392 e. The molecule has 2 rings (SSSR count). The first-order valence-electron chi connectivity index (χ1n) is 5.15. The molecule has 0 spiro atoms. The van der Waals surface area contributed by atoms with Crippen LogP contribution in [0.1, 0.15) is 28.2 Å². The Hall–Kier alpha value is -1.53. The highest BCUT2D eigenvalue weighted by Crippen LogP contribution is 2.37. The molecule has 0 aromatic carbocycles. The summed E-state index contributed by atoms with van der Waals surface area (Å²) in [5.74, 6) is -2.69. The number of halogens is 3. The van der Waals surface area contributed by atoms with Crippen LogP contribution in [0.3, 0.4) is 0 Å². The van der Waals surface area contributed by atoms with E-state index >= 15 is 0 Å². The van der Waals surface area contributed by atoms with E-state index in [9.17, 15) is 18.0 Å². The van der Waals surface area contributed by atoms with Gasteiger partial charge < -0.3 is 5.11 Å². The summed E-state index contributed by atoms with van der Waals surface area (Å²) in [4.78, 5) is 11.0. The predicted octanol–water partition coefficient (Wildman–Crippen LogP) is 1.79. The second-order valence-corrected chi connectivity index (χ2v) is 4.18. The van der Waals surface area contributed by atoms with Gasteiger partial charge >= 0.3 is 12.1 Å². The molecule has 94 valence electrons. The Morgan fingerprint density at radius 1 is 1.53 bits per heavy atom. The van der Waals surface area contributed by atoms with Crippen LogP contribution in [0.5, 0.6) is 0 Å². The van der Waals surface area contributed by atoms with Gasteiger partial charge in [0.1, 0.15) is 5.69 Å². The first kappa shape index (κ1) is 11.9. The highest BCUT2D eigenvalue weighted by molar-refractivity contribution is 5.87. The van der Waals surface area contributed by atoms with E-state index in [0.29, 0.717) is 5.69 Å². The fourth-order valence-electron chi connectivity index (χ4n) is 2.25. The van der Waals surface area contributed by atoms with Gasteiger partial charge in [-0.25, -0.2) is 4.79 Å². The third-order valence-electron chi connectivity index (χ3n) is 3.07. The standard InChI is InChI=1S/C10H11F3N2O2/c1-15-8(9(16)17)6-4-5(10(11,12)13)2-3-7(6)14-15/h5H,2-4H2,1H3,(H,16,17). The van der Waals surface area contributed by atoms with Crippen LogP contribution < -0.4 is 0 Å². The van der Waals surface area contributed by atoms with Crippen molar-refractivity contribution < 1.29 is 23.1 Å². The van der Waals surface area contributed by atoms with Crippen molar-refractivity contribution in [3.63, 3.8) is 0 Å². The van der Waals surface area contributed by atoms with Gasteiger partial charge in [0.2, 0.25) is 0 Å². The van der Waals surface area contributed by atoms with Crippen molar-refractivity contribution in [3.8, 4) is 0 Å². The van der Waals surface area contributed by atoms with E-state index in [4.69, 9.17) is 5.11 Å². The number of carbonyl (C=O) groups is 1. The number of alkyl halides is 3. The SMILES string of the molecule is Cn1nc2c(c1C(=O)O)CC(C(F)(F)F)CC2. The molecule has 1 atom stereocenters. The molecule has 7 heteroatoms. The van der Waals surface area contributed by atoms with E-state index in [0.717, 1.165) is 4.68 Å². The molecule has 0 saturated carbocycles. The lowest BCUT2D eigenvalue weighted by molar-refractivity contribution is -0.177. The van der Waals surface area contributed by atoms with Crippen LogP contribution >= 0.6 is 0 Å². The summed E-state index contributed by atoms with van der Waals surface area (Å²) in [7, 11) is 1.43. The van der Waals surface area contributed by atoms with Crippen molar-refractivity contribution in [1.29, 1.82) is 0 Å². The summed E-state index contributed by atoms with van der Waals surface area (Å²) in [6, 6.07) is 0. The van der Waals surface area contributed by atoms with E-state index in [1.54, 1.807) is 0 Å². The van der Waals surface area contributed by atoms with E-state index in [1.165, 1.54) is 7.05 Å². The van der Waals surface area contributed by atoms with Gasteiger partial charge in [0.05, 0.1) is 11.6 Å². The molecule has 1 aliphatic rings. The molecule has 4 nitrogen and oxygen atoms in total. The Labute approximate surface area is 95.0 Å². The summed E-state index contributed by atoms with van der Waals surface area (Å²) < 4.78 is 38.9. The first-order valence-corrected chi connectivity index (χ1v) is 5.15. The van der Waals surface area contributed by atoms with Crippen molar-refractivity contribution >= 4 is 5.97 Å². The summed E-state index contributed by atoms with van der Waals surface area (Å²) in [5, 5.41) is 12.9. The summed E-state index contributed by atoms with van der Waals surface area (Å²) in [6.45, 7) is 0. The van der Waals surface area contributed by atoms with Crippen LogP contribution in [0.2, 0.25) is 0 Å². The van der Waals surface area contributed by atoms with E-state index in [-0.39, 0.29) is 30.5 Å². The molecule has 0 aliphatic heterocycles. The van der Waals surface area contributed by atoms with E-state index in [2.05, 4.69) is 5.10 Å². The van der Waals surface area contributed by atoms with Gasteiger partial charge in [-0.2, -0.15) is 18.3 Å². The number of fused-ring (bicyclic) bond motifs is 1. The third kappa shape index (κ3) is 2.01. The minimum atomic E-state index is -4.27. The fraction of sp³-hybridized carbons (Fsp3) is 0.600. The smallest absolute Gasteiger partial charge is 0.392 e. The molecule has 1 aromatic rings. The molecule has 1 N–H and O–H groups in total. The van der Waals surface area contributed by atoms with Crippen LogP contribution in [0.15, 0.2) is 0 Å². The molecule has 0 amide bonds. The van der Waals surface area contributed by atoms with Crippen LogP contribution in [0.25, 0.3) is 0 Å². The average Bonchev–Trinajstić information content (AvgIpc) is 2.50. The molecular weight excluding hydrogens is 237 g/mol. The van der Waals surface area contributed by atoms with Gasteiger partial charge in [-0.3, -0.25) is 4.68 Å². The number of carboxylic acids is 1. The normalized spacial score (nSPS) is 20.1. The van der Waals surface area contributed by atoms with Gasteiger partial charge in [0, 0.05) is 12.6 Å². The predicted molar refractivity (Wildman–Crippen MR) is 51.7 cm³/mol. The first-order chi connectivity index (χ1) is 7.80. The Morgan fingerprint density at radius 3 is 2.71 bits per heavy atom. The molecular formula is C10H11F3N2O2. The molecule has 1 heterocycles. The van der Waals surface area contributed by atoms with Crippen molar-refractivity contribution in [2.75, 3.05) is 0 Å². The molecule has 0 saturated heterocycles. The quantitative estimate of drug-likeness (QED) is 0.824. The minimum absolute atomic E-state index is 0.0213. The number of hydrogen-bond acceptors (Lipinski definition) is 2. The maximum absolute atomic E-state index is 12.6. The van der Waals surface area contributed by atoms with Crippen molar-refractivity contribution in [1.82, 2.24) is 9.78 Å². The summed E-state index contributed by atoms with van der Waals surface area (Å²) in [6.07, 6.45) is -4.40. The topological polar surface area (TPSA) is 55.1 Å². The largest absolute Gasteiger partial charge is 0.477 e. The number of carboxylic acid groups (broad SMARTS) is 1. The molecule has 17 heavy (non-hydrogen) atoms. The number of nitrogens with zero attached hydrogens (tertiary/aromatic N) is 2. The van der Waals surface area contributed by atoms with Gasteiger partial charge in [0.15, 0.2) is 0 Å². The Bertz CT molecular complexity index is 465. The lowest BCUT2D eigenvalue weighted by Crippen LogP contribution is -2.29. The van der Waals surface area contributed by atoms with Gasteiger partial charge in [-0.15, -0.1) is 0 Å². The molecule has 0 radical (unpaired) electrons. The van der Waals surface area contributed by atoms with Crippen LogP contribution in [0, 0.1) is 5.92 Å². The number of aromatic nitrogens is 2. The zero-order valence-corrected chi connectivity index (χ0v) is 9.08. The third-order valence-corrected chi connectivity index (χ3v) is 3.07. The lowest BCUT2D eigenvalue weighted by atomic mass is 9.86. The molecule has 1 unspecified atom stereocenters. The average molecular weight is 248 g/mol. The van der Waals surface area contributed by atoms with Gasteiger partial charge in [-0.1, -0.05) is 0 Å². The molecule has 0 bridgehead atoms. The van der Waals surface area contributed by atoms with Crippen molar-refractivity contribution in [3.05, 3.63) is 17.0 Å². The number of aryl methyl sites for hydroxylation is 2. The second-order valence-electron chi connectivity index (χ2n) is 4.18. The minimum Gasteiger partial charge on any atom is -0.477 e. The monoisotopic (exact) mass is 248 g/mol. The van der Waals surface area contributed by atoms with E-state index in [1.807, 2.05) is 0 Å². The zero-order chi connectivity index (χ0) is 12.8. The van der Waals surface area contributed by atoms with Crippen LogP contribution in [-0.2, 0) is 19.9 Å². The van der Waals surface area contributed by atoms with Gasteiger partial charge in [-0.05, 0) is 19.3 Å². The number of hydrogen-bond donors (Lipinski definition) is 1. The Balaban J connectivity index is 2.39. The fourth-order valence-corrected chi connectivity index (χ4v) is 2.25. The molecule has 0 fully saturated rings. The zero-order valence-electron chi connectivity index (χ0n) is 9.08. The highest BCUT2D eigenvalue weighted by atomic mass is 19.4. The summed E-state index contributed by atoms with van der Waals surface area (Å²) >= 11 is 0. The molecule has 1 aliphatic carbocycles. The van der Waals surface area contributed by atoms with E-state index < -0.39 is 18.1 Å². The Morgan fingerprint density at radius 2 is 2.18 bits per heavy atom. The lowest BCUT2D eigenvalue weighted by Gasteiger charge is -2.23. The van der Waals surface area contributed by atoms with Crippen molar-refractivity contribution in [2.45, 2.75) is 25.4 Å². The molecule has 1 aromatic heterocycles. The number of aromatic carboxylic acids is 1. The number of rotatable bonds is 1. The van der Waals surface area contributed by atoms with Crippen molar-refractivity contribution in [2.24, 2.45) is 13.0 Å². The maximum atomic E-state index is 12.6. The van der Waals surface area contributed by atoms with Crippen LogP contribution in [-0.4, -0.2) is 27.0 Å². The second kappa shape index (κ2) is 3.75.